The van der Waals surface area contributed by atoms with E-state index in [1.807, 2.05) is 12.1 Å². The number of nitrogens with one attached hydrogen (secondary N) is 1. The van der Waals surface area contributed by atoms with Gasteiger partial charge < -0.3 is 0 Å². The molecular weight excluding hydrogens is 689 g/mol. The summed E-state index contributed by atoms with van der Waals surface area (Å²) in [6.07, 6.45) is 0. The Morgan fingerprint density at radius 3 is 2.25 bits per heavy atom. The van der Waals surface area contributed by atoms with E-state index in [9.17, 15) is 8.42 Å². The van der Waals surface area contributed by atoms with Crippen LogP contribution in [0.25, 0.3) is 0 Å². The molecule has 11 heteroatoms. The van der Waals surface area contributed by atoms with Gasteiger partial charge in [-0.2, -0.15) is 8.42 Å². The van der Waals surface area contributed by atoms with Crippen LogP contribution in [0, 0.1) is 10.7 Å². The van der Waals surface area contributed by atoms with Crippen molar-refractivity contribution in [2.75, 3.05) is 4.72 Å². The van der Waals surface area contributed by atoms with Crippen molar-refractivity contribution in [3.8, 4) is 0 Å². The van der Waals surface area contributed by atoms with Crippen LogP contribution in [0.15, 0.2) is 21.8 Å². The number of hydrogen-bond donors (Lipinski definition) is 1. The lowest BCUT2D eigenvalue weighted by Gasteiger charge is -2.12. The average molecular weight is 695 g/mol. The fourth-order valence-electron chi connectivity index (χ4n) is 1.43. The second-order valence-electron chi connectivity index (χ2n) is 3.66. The van der Waals surface area contributed by atoms with Crippen LogP contribution in [0.3, 0.4) is 0 Å². The van der Waals surface area contributed by atoms with Gasteiger partial charge in [0.05, 0.1) is 5.69 Å². The van der Waals surface area contributed by atoms with Crippen molar-refractivity contribution in [1.29, 1.82) is 0 Å². The van der Waals surface area contributed by atoms with Crippen molar-refractivity contribution in [2.45, 2.75) is 5.03 Å². The van der Waals surface area contributed by atoms with E-state index in [1.165, 1.54) is 11.7 Å². The molecule has 0 aliphatic heterocycles. The van der Waals surface area contributed by atoms with Gasteiger partial charge in [-0.15, -0.1) is 5.10 Å². The summed E-state index contributed by atoms with van der Waals surface area (Å²) in [4.78, 5) is 0. The van der Waals surface area contributed by atoms with E-state index in [1.54, 1.807) is 0 Å². The van der Waals surface area contributed by atoms with E-state index in [4.69, 9.17) is 0 Å². The quantitative estimate of drug-likeness (QED) is 0.502. The molecule has 2 aromatic rings. The first kappa shape index (κ1) is 17.1. The molecule has 1 aromatic heterocycles. The second kappa shape index (κ2) is 6.49. The predicted molar refractivity (Wildman–Crippen MR) is 104 cm³/mol. The van der Waals surface area contributed by atoms with E-state index < -0.39 is 10.0 Å². The molecule has 0 saturated heterocycles. The third-order valence-corrected chi connectivity index (χ3v) is 6.80. The Hall–Kier alpha value is 0.780. The Balaban J connectivity index is 2.50. The second-order valence-corrected chi connectivity index (χ2v) is 9.58. The van der Waals surface area contributed by atoms with Crippen LogP contribution in [0.5, 0.6) is 0 Å². The van der Waals surface area contributed by atoms with Crippen LogP contribution >= 0.6 is 83.7 Å². The number of hydrogen-bond acceptors (Lipinski definition) is 4. The molecule has 0 bridgehead atoms. The van der Waals surface area contributed by atoms with Gasteiger partial charge in [-0.05, 0) is 95.8 Å². The van der Waals surface area contributed by atoms with Crippen LogP contribution < -0.4 is 4.72 Å². The number of aryl methyl sites for hydroxylation is 1. The van der Waals surface area contributed by atoms with Crippen LogP contribution in [-0.4, -0.2) is 23.4 Å². The summed E-state index contributed by atoms with van der Waals surface area (Å²) in [6, 6.07) is 3.80. The molecule has 0 aliphatic carbocycles. The molecule has 0 amide bonds. The Kier molecular flexibility index (Phi) is 5.56. The molecule has 1 N–H and O–H groups in total. The number of nitrogens with zero attached hydrogens (tertiary/aromatic N) is 3. The third kappa shape index (κ3) is 3.57. The van der Waals surface area contributed by atoms with Crippen LogP contribution in [0.1, 0.15) is 0 Å². The summed E-state index contributed by atoms with van der Waals surface area (Å²) < 4.78 is 31.6. The summed E-state index contributed by atoms with van der Waals surface area (Å²) in [6.45, 7) is 0. The Labute approximate surface area is 165 Å². The monoisotopic (exact) mass is 694 g/mol. The summed E-state index contributed by atoms with van der Waals surface area (Å²) in [5.41, 5.74) is 0.555. The van der Waals surface area contributed by atoms with Gasteiger partial charge >= 0.3 is 0 Å². The highest BCUT2D eigenvalue weighted by Gasteiger charge is 2.25. The summed E-state index contributed by atoms with van der Waals surface area (Å²) in [5, 5.41) is 7.36. The molecule has 0 saturated carbocycles. The molecule has 108 valence electrons. The SMILES string of the molecule is Cn1nnc(Br)c1S(=O)(=O)Nc1c(I)cc(I)cc1I. The van der Waals surface area contributed by atoms with E-state index >= 15 is 0 Å². The highest BCUT2D eigenvalue weighted by atomic mass is 127. The van der Waals surface area contributed by atoms with Crippen molar-refractivity contribution in [3.05, 3.63) is 27.4 Å². The molecule has 6 nitrogen and oxygen atoms in total. The van der Waals surface area contributed by atoms with E-state index in [0.717, 1.165) is 10.7 Å². The zero-order valence-corrected chi connectivity index (χ0v) is 18.6. The number of anilines is 1. The largest absolute Gasteiger partial charge is 0.281 e. The minimum Gasteiger partial charge on any atom is -0.276 e. The zero-order chi connectivity index (χ0) is 15.1. The van der Waals surface area contributed by atoms with Gasteiger partial charge in [0, 0.05) is 17.8 Å². The maximum absolute atomic E-state index is 12.4. The van der Waals surface area contributed by atoms with Crippen LogP contribution in [-0.2, 0) is 17.1 Å². The van der Waals surface area contributed by atoms with Crippen LogP contribution in [0.4, 0.5) is 5.69 Å². The minimum atomic E-state index is -3.76. The molecule has 0 aliphatic rings. The maximum atomic E-state index is 12.4. The molecule has 0 spiro atoms. The van der Waals surface area contributed by atoms with Gasteiger partial charge in [0.2, 0.25) is 5.03 Å². The topological polar surface area (TPSA) is 76.9 Å². The molecule has 0 fully saturated rings. The summed E-state index contributed by atoms with van der Waals surface area (Å²) in [7, 11) is -2.24. The lowest BCUT2D eigenvalue weighted by Crippen LogP contribution is -2.18. The van der Waals surface area contributed by atoms with E-state index in [0.29, 0.717) is 5.69 Å². The lowest BCUT2D eigenvalue weighted by molar-refractivity contribution is 0.578. The van der Waals surface area contributed by atoms with Crippen molar-refractivity contribution < 1.29 is 8.42 Å². The highest BCUT2D eigenvalue weighted by molar-refractivity contribution is 14.1. The molecule has 1 aromatic carbocycles. The van der Waals surface area contributed by atoms with Gasteiger partial charge in [-0.1, -0.05) is 5.21 Å². The van der Waals surface area contributed by atoms with Crippen molar-refractivity contribution in [2.24, 2.45) is 7.05 Å². The maximum Gasteiger partial charge on any atom is 0.281 e. The fourth-order valence-corrected chi connectivity index (χ4v) is 7.85. The summed E-state index contributed by atoms with van der Waals surface area (Å²) >= 11 is 9.49. The lowest BCUT2D eigenvalue weighted by atomic mass is 10.3. The van der Waals surface area contributed by atoms with Crippen molar-refractivity contribution >= 4 is 99.4 Å². The molecule has 0 atom stereocenters. The number of sulfonamides is 1. The number of aromatic nitrogens is 3. The summed E-state index contributed by atoms with van der Waals surface area (Å²) in [5.74, 6) is 0. The number of benzene rings is 1. The first-order valence-corrected chi connectivity index (χ1v) is 10.5. The Morgan fingerprint density at radius 2 is 1.80 bits per heavy atom. The van der Waals surface area contributed by atoms with Crippen molar-refractivity contribution in [3.63, 3.8) is 0 Å². The molecule has 1 heterocycles. The highest BCUT2D eigenvalue weighted by Crippen LogP contribution is 2.30. The van der Waals surface area contributed by atoms with Crippen molar-refractivity contribution in [1.82, 2.24) is 15.0 Å². The molecule has 0 radical (unpaired) electrons. The molecule has 2 rings (SSSR count). The van der Waals surface area contributed by atoms with E-state index in [2.05, 4.69) is 98.7 Å². The third-order valence-electron chi connectivity index (χ3n) is 2.23. The Morgan fingerprint density at radius 1 is 1.25 bits per heavy atom. The number of rotatable bonds is 3. The number of halogens is 4. The fraction of sp³-hybridized carbons (Fsp3) is 0.111. The zero-order valence-electron chi connectivity index (χ0n) is 9.73. The van der Waals surface area contributed by atoms with Gasteiger partial charge in [0.1, 0.15) is 0 Å². The first-order chi connectivity index (χ1) is 9.22. The minimum absolute atomic E-state index is 0.0114. The van der Waals surface area contributed by atoms with Gasteiger partial charge in [-0.25, -0.2) is 4.68 Å². The van der Waals surface area contributed by atoms with E-state index in [-0.39, 0.29) is 9.63 Å². The standard InChI is InChI=1S/C9H6BrI3N4O2S/c1-17-9(8(10)14-16-17)20(18,19)15-7-5(12)2-4(11)3-6(7)13/h2-3,15H,1H3. The predicted octanol–water partition coefficient (Wildman–Crippen LogP) is 3.19. The Bertz CT molecular complexity index is 735. The van der Waals surface area contributed by atoms with Gasteiger partial charge in [-0.3, -0.25) is 4.72 Å². The normalized spacial score (nSPS) is 11.7. The van der Waals surface area contributed by atoms with Gasteiger partial charge in [0.15, 0.2) is 4.60 Å². The molecular formula is C9H6BrI3N4O2S. The van der Waals surface area contributed by atoms with Gasteiger partial charge in [0.25, 0.3) is 10.0 Å². The smallest absolute Gasteiger partial charge is 0.276 e. The van der Waals surface area contributed by atoms with Crippen LogP contribution in [0.2, 0.25) is 0 Å². The molecule has 20 heavy (non-hydrogen) atoms. The average Bonchev–Trinajstić information content (AvgIpc) is 2.64. The molecule has 0 unspecified atom stereocenters. The first-order valence-electron chi connectivity index (χ1n) is 4.95.